The molecule has 9 heteroatoms. The first-order chi connectivity index (χ1) is 14.0. The molecule has 0 fully saturated rings. The van der Waals surface area contributed by atoms with Crippen molar-refractivity contribution in [2.75, 3.05) is 5.43 Å². The van der Waals surface area contributed by atoms with Gasteiger partial charge in [0.25, 0.3) is 11.2 Å². The second-order valence-electron chi connectivity index (χ2n) is 6.31. The maximum atomic E-state index is 13.1. The van der Waals surface area contributed by atoms with Gasteiger partial charge in [0.15, 0.2) is 5.65 Å². The van der Waals surface area contributed by atoms with E-state index in [-0.39, 0.29) is 11.2 Å². The number of aromatic nitrogens is 2. The van der Waals surface area contributed by atoms with Gasteiger partial charge in [-0.2, -0.15) is 5.26 Å². The molecular weight excluding hydrogens is 372 g/mol. The van der Waals surface area contributed by atoms with Crippen molar-refractivity contribution >= 4 is 34.3 Å². The number of non-ortho nitro benzene ring substituents is 1. The van der Waals surface area contributed by atoms with E-state index in [0.29, 0.717) is 38.7 Å². The minimum Gasteiger partial charge on any atom is -0.307 e. The van der Waals surface area contributed by atoms with Gasteiger partial charge in [0.2, 0.25) is 0 Å². The Bertz CT molecular complexity index is 1420. The van der Waals surface area contributed by atoms with Crippen LogP contribution >= 0.6 is 0 Å². The Labute approximate surface area is 163 Å². The summed E-state index contributed by atoms with van der Waals surface area (Å²) in [5.41, 5.74) is 8.35. The second kappa shape index (κ2) is 6.94. The van der Waals surface area contributed by atoms with E-state index in [1.807, 2.05) is 6.07 Å². The van der Waals surface area contributed by atoms with Gasteiger partial charge in [0, 0.05) is 18.3 Å². The molecule has 0 saturated carbocycles. The molecule has 0 amide bonds. The van der Waals surface area contributed by atoms with E-state index in [1.165, 1.54) is 34.9 Å². The van der Waals surface area contributed by atoms with Crippen LogP contribution in [-0.4, -0.2) is 14.3 Å². The van der Waals surface area contributed by atoms with Crippen molar-refractivity contribution in [3.05, 3.63) is 85.3 Å². The zero-order valence-corrected chi connectivity index (χ0v) is 15.2. The quantitative estimate of drug-likeness (QED) is 0.406. The minimum atomic E-state index is -0.482. The molecule has 0 unspecified atom stereocenters. The molecule has 0 aliphatic carbocycles. The first-order valence-corrected chi connectivity index (χ1v) is 8.61. The van der Waals surface area contributed by atoms with Crippen LogP contribution in [0.1, 0.15) is 11.1 Å². The Morgan fingerprint density at radius 1 is 1.21 bits per heavy atom. The lowest BCUT2D eigenvalue weighted by Gasteiger charge is -2.06. The zero-order chi connectivity index (χ0) is 20.5. The van der Waals surface area contributed by atoms with Gasteiger partial charge in [-0.25, -0.2) is 4.98 Å². The molecular formula is C20H14N6O3. The van der Waals surface area contributed by atoms with Crippen LogP contribution in [0.4, 0.5) is 11.4 Å². The van der Waals surface area contributed by atoms with E-state index in [4.69, 9.17) is 0 Å². The Balaban J connectivity index is 1.79. The number of hydrogen-bond acceptors (Lipinski definition) is 7. The summed E-state index contributed by atoms with van der Waals surface area (Å²) < 4.78 is 1.43. The van der Waals surface area contributed by atoms with Gasteiger partial charge >= 0.3 is 0 Å². The van der Waals surface area contributed by atoms with Crippen LogP contribution in [0.5, 0.6) is 0 Å². The Hall–Kier alpha value is -4.45. The summed E-state index contributed by atoms with van der Waals surface area (Å²) in [6, 6.07) is 15.1. The maximum Gasteiger partial charge on any atom is 0.269 e. The summed E-state index contributed by atoms with van der Waals surface area (Å²) in [6.45, 7) is 1.69. The molecule has 0 saturated heterocycles. The van der Waals surface area contributed by atoms with Gasteiger partial charge in [0.1, 0.15) is 6.07 Å². The monoisotopic (exact) mass is 386 g/mol. The molecule has 0 bridgehead atoms. The average molecular weight is 386 g/mol. The average Bonchev–Trinajstić information content (AvgIpc) is 3.10. The summed E-state index contributed by atoms with van der Waals surface area (Å²) in [5, 5.41) is 20.7. The molecule has 4 aromatic rings. The number of hydrazine groups is 1. The molecule has 0 spiro atoms. The highest BCUT2D eigenvalue weighted by molar-refractivity contribution is 5.82. The first kappa shape index (κ1) is 17.9. The lowest BCUT2D eigenvalue weighted by atomic mass is 10.1. The predicted molar refractivity (Wildman–Crippen MR) is 108 cm³/mol. The van der Waals surface area contributed by atoms with Gasteiger partial charge < -0.3 is 10.9 Å². The highest BCUT2D eigenvalue weighted by atomic mass is 16.6. The third-order valence-electron chi connectivity index (χ3n) is 4.62. The van der Waals surface area contributed by atoms with Crippen molar-refractivity contribution in [3.8, 4) is 6.07 Å². The molecule has 9 nitrogen and oxygen atoms in total. The number of benzene rings is 2. The lowest BCUT2D eigenvalue weighted by molar-refractivity contribution is -0.384. The normalized spacial score (nSPS) is 11.5. The molecule has 2 heterocycles. The topological polar surface area (TPSA) is 125 Å². The third-order valence-corrected chi connectivity index (χ3v) is 4.62. The Morgan fingerprint density at radius 3 is 2.62 bits per heavy atom. The molecule has 2 N–H and O–H groups in total. The Morgan fingerprint density at radius 2 is 1.93 bits per heavy atom. The van der Waals surface area contributed by atoms with E-state index in [0.717, 1.165) is 0 Å². The number of rotatable bonds is 4. The molecule has 4 rings (SSSR count). The van der Waals surface area contributed by atoms with Crippen LogP contribution in [0.3, 0.4) is 0 Å². The molecule has 0 aliphatic heterocycles. The fraction of sp³-hybridized carbons (Fsp3) is 0.0500. The summed E-state index contributed by atoms with van der Waals surface area (Å²) >= 11 is 0. The van der Waals surface area contributed by atoms with Gasteiger partial charge in [0.05, 0.1) is 32.4 Å². The van der Waals surface area contributed by atoms with Crippen molar-refractivity contribution < 1.29 is 4.92 Å². The molecule has 0 radical (unpaired) electrons. The lowest BCUT2D eigenvalue weighted by Crippen LogP contribution is -2.36. The minimum absolute atomic E-state index is 0.0201. The first-order valence-electron chi connectivity index (χ1n) is 8.61. The van der Waals surface area contributed by atoms with Crippen LogP contribution in [0.25, 0.3) is 22.9 Å². The van der Waals surface area contributed by atoms with E-state index in [9.17, 15) is 20.2 Å². The predicted octanol–water partition coefficient (Wildman–Crippen LogP) is 2.01. The van der Waals surface area contributed by atoms with Gasteiger partial charge in [-0.05, 0) is 36.8 Å². The van der Waals surface area contributed by atoms with Crippen LogP contribution in [0, 0.1) is 28.4 Å². The van der Waals surface area contributed by atoms with Crippen LogP contribution in [0.2, 0.25) is 0 Å². The van der Waals surface area contributed by atoms with Crippen molar-refractivity contribution in [1.29, 1.82) is 5.26 Å². The van der Waals surface area contributed by atoms with Crippen molar-refractivity contribution in [1.82, 2.24) is 14.8 Å². The highest BCUT2D eigenvalue weighted by Crippen LogP contribution is 2.17. The fourth-order valence-electron chi connectivity index (χ4n) is 3.14. The van der Waals surface area contributed by atoms with Crippen molar-refractivity contribution in [3.63, 3.8) is 0 Å². The summed E-state index contributed by atoms with van der Waals surface area (Å²) in [4.78, 5) is 27.8. The summed E-state index contributed by atoms with van der Waals surface area (Å²) in [7, 11) is 0. The third kappa shape index (κ3) is 2.98. The van der Waals surface area contributed by atoms with Crippen molar-refractivity contribution in [2.24, 2.45) is 0 Å². The van der Waals surface area contributed by atoms with E-state index < -0.39 is 4.92 Å². The number of nitro groups is 1. The number of pyridine rings is 1. The number of nitriles is 1. The van der Waals surface area contributed by atoms with Crippen LogP contribution in [0.15, 0.2) is 53.3 Å². The van der Waals surface area contributed by atoms with Crippen LogP contribution in [-0.2, 0) is 0 Å². The SMILES string of the molecule is Cc1c(C#N)c2nc3ccccc3n2c(=O)/c1=C\NNc1ccc([N+](=O)[O-])cc1. The van der Waals surface area contributed by atoms with Crippen molar-refractivity contribution in [2.45, 2.75) is 6.92 Å². The highest BCUT2D eigenvalue weighted by Gasteiger charge is 2.15. The molecule has 142 valence electrons. The number of anilines is 1. The Kier molecular flexibility index (Phi) is 4.29. The number of nitrogens with zero attached hydrogens (tertiary/aromatic N) is 4. The van der Waals surface area contributed by atoms with Gasteiger partial charge in [-0.3, -0.25) is 19.3 Å². The maximum absolute atomic E-state index is 13.1. The van der Waals surface area contributed by atoms with E-state index in [1.54, 1.807) is 25.1 Å². The van der Waals surface area contributed by atoms with E-state index >= 15 is 0 Å². The van der Waals surface area contributed by atoms with Gasteiger partial charge in [-0.1, -0.05) is 12.1 Å². The molecule has 2 aromatic carbocycles. The summed E-state index contributed by atoms with van der Waals surface area (Å²) in [6.07, 6.45) is 1.47. The number of imidazole rings is 1. The number of hydrogen-bond donors (Lipinski definition) is 2. The number of para-hydroxylation sites is 2. The van der Waals surface area contributed by atoms with Gasteiger partial charge in [-0.15, -0.1) is 0 Å². The molecule has 2 aromatic heterocycles. The number of nitro benzene ring substituents is 1. The molecule has 29 heavy (non-hydrogen) atoms. The van der Waals surface area contributed by atoms with Crippen LogP contribution < -0.4 is 21.6 Å². The fourth-order valence-corrected chi connectivity index (χ4v) is 3.14. The zero-order valence-electron chi connectivity index (χ0n) is 15.2. The molecule has 0 atom stereocenters. The largest absolute Gasteiger partial charge is 0.307 e. The standard InChI is InChI=1S/C20H14N6O3/c1-12-15(10-21)19-23-17-4-2-3-5-18(17)25(19)20(27)16(12)11-22-24-13-6-8-14(9-7-13)26(28)29/h2-9,11,22,24H,1H3/b16-11-. The second-order valence-corrected chi connectivity index (χ2v) is 6.31. The summed E-state index contributed by atoms with van der Waals surface area (Å²) in [5.74, 6) is 0. The number of nitrogens with one attached hydrogen (secondary N) is 2. The smallest absolute Gasteiger partial charge is 0.269 e. The van der Waals surface area contributed by atoms with E-state index in [2.05, 4.69) is 21.9 Å². The molecule has 0 aliphatic rings. The number of fused-ring (bicyclic) bond motifs is 3.